The molecule has 4 heteroatoms. The lowest BCUT2D eigenvalue weighted by Gasteiger charge is -2.13. The van der Waals surface area contributed by atoms with E-state index in [1.165, 1.54) is 12.8 Å². The fraction of sp³-hybridized carbons (Fsp3) is 0.462. The summed E-state index contributed by atoms with van der Waals surface area (Å²) in [4.78, 5) is 10.8. The van der Waals surface area contributed by atoms with Gasteiger partial charge in [0.2, 0.25) is 0 Å². The molecule has 3 nitrogen and oxygen atoms in total. The van der Waals surface area contributed by atoms with Gasteiger partial charge in [0.05, 0.1) is 17.5 Å². The number of aliphatic carboxylic acids is 1. The highest BCUT2D eigenvalue weighted by atomic mass is 79.9. The van der Waals surface area contributed by atoms with Crippen LogP contribution in [0.1, 0.15) is 24.0 Å². The van der Waals surface area contributed by atoms with Gasteiger partial charge in [0.1, 0.15) is 5.75 Å². The Balaban J connectivity index is 2.21. The number of carbonyl (C=O) groups is 1. The Labute approximate surface area is 109 Å². The molecule has 0 heterocycles. The Morgan fingerprint density at radius 3 is 2.82 bits per heavy atom. The van der Waals surface area contributed by atoms with Crippen LogP contribution in [-0.4, -0.2) is 17.7 Å². The molecule has 0 radical (unpaired) electrons. The minimum absolute atomic E-state index is 0.000278. The summed E-state index contributed by atoms with van der Waals surface area (Å²) in [6, 6.07) is 3.83. The molecule has 1 aliphatic rings. The third kappa shape index (κ3) is 3.46. The molecule has 0 atom stereocenters. The van der Waals surface area contributed by atoms with Crippen molar-refractivity contribution in [3.05, 3.63) is 27.7 Å². The topological polar surface area (TPSA) is 46.5 Å². The molecule has 0 spiro atoms. The van der Waals surface area contributed by atoms with E-state index >= 15 is 0 Å². The molecule has 1 N–H and O–H groups in total. The average molecular weight is 299 g/mol. The van der Waals surface area contributed by atoms with Crippen molar-refractivity contribution in [2.75, 3.05) is 6.61 Å². The zero-order chi connectivity index (χ0) is 12.4. The summed E-state index contributed by atoms with van der Waals surface area (Å²) in [5, 5.41) is 8.89. The monoisotopic (exact) mass is 298 g/mol. The average Bonchev–Trinajstić information content (AvgIpc) is 2.98. The van der Waals surface area contributed by atoms with Crippen LogP contribution in [0, 0.1) is 12.8 Å². The number of aryl methyl sites for hydroxylation is 1. The van der Waals surface area contributed by atoms with Gasteiger partial charge in [-0.3, -0.25) is 4.79 Å². The summed E-state index contributed by atoms with van der Waals surface area (Å²) in [6.45, 7) is 2.63. The Hall–Kier alpha value is -1.03. The van der Waals surface area contributed by atoms with Gasteiger partial charge in [-0.2, -0.15) is 0 Å². The van der Waals surface area contributed by atoms with E-state index in [4.69, 9.17) is 9.84 Å². The summed E-state index contributed by atoms with van der Waals surface area (Å²) >= 11 is 3.44. The third-order valence-electron chi connectivity index (χ3n) is 2.77. The molecule has 2 rings (SSSR count). The van der Waals surface area contributed by atoms with E-state index in [-0.39, 0.29) is 6.42 Å². The number of rotatable bonds is 5. The second-order valence-electron chi connectivity index (χ2n) is 4.56. The maximum atomic E-state index is 10.8. The number of benzene rings is 1. The molecule has 0 saturated heterocycles. The minimum atomic E-state index is -0.834. The van der Waals surface area contributed by atoms with Crippen molar-refractivity contribution in [3.63, 3.8) is 0 Å². The maximum absolute atomic E-state index is 10.8. The molecule has 0 amide bonds. The number of hydrogen-bond donors (Lipinski definition) is 1. The molecular weight excluding hydrogens is 284 g/mol. The zero-order valence-corrected chi connectivity index (χ0v) is 11.3. The lowest BCUT2D eigenvalue weighted by molar-refractivity contribution is -0.136. The third-order valence-corrected chi connectivity index (χ3v) is 3.36. The molecule has 0 aromatic heterocycles. The van der Waals surface area contributed by atoms with Crippen molar-refractivity contribution < 1.29 is 14.6 Å². The molecule has 0 bridgehead atoms. The quantitative estimate of drug-likeness (QED) is 0.908. The molecular formula is C13H15BrO3. The Morgan fingerprint density at radius 2 is 2.24 bits per heavy atom. The molecule has 1 aromatic rings. The number of carboxylic acids is 1. The normalized spacial score (nSPS) is 14.7. The van der Waals surface area contributed by atoms with Crippen LogP contribution in [0.2, 0.25) is 0 Å². The van der Waals surface area contributed by atoms with Crippen molar-refractivity contribution in [3.8, 4) is 5.75 Å². The first-order chi connectivity index (χ1) is 8.06. The first-order valence-electron chi connectivity index (χ1n) is 5.70. The van der Waals surface area contributed by atoms with Gasteiger partial charge in [-0.25, -0.2) is 0 Å². The predicted octanol–water partition coefficient (Wildman–Crippen LogP) is 3.17. The number of halogens is 1. The van der Waals surface area contributed by atoms with Crippen LogP contribution >= 0.6 is 15.9 Å². The molecule has 17 heavy (non-hydrogen) atoms. The van der Waals surface area contributed by atoms with Gasteiger partial charge in [0, 0.05) is 5.56 Å². The fourth-order valence-corrected chi connectivity index (χ4v) is 2.47. The fourth-order valence-electron chi connectivity index (χ4n) is 1.74. The second-order valence-corrected chi connectivity index (χ2v) is 5.41. The van der Waals surface area contributed by atoms with E-state index < -0.39 is 5.97 Å². The summed E-state index contributed by atoms with van der Waals surface area (Å²) < 4.78 is 6.58. The van der Waals surface area contributed by atoms with Gasteiger partial charge in [0.15, 0.2) is 0 Å². The molecule has 92 valence electrons. The van der Waals surface area contributed by atoms with Crippen LogP contribution in [0.4, 0.5) is 0 Å². The van der Waals surface area contributed by atoms with Gasteiger partial charge >= 0.3 is 5.97 Å². The summed E-state index contributed by atoms with van der Waals surface area (Å²) in [7, 11) is 0. The van der Waals surface area contributed by atoms with Gasteiger partial charge in [0.25, 0.3) is 0 Å². The lowest BCUT2D eigenvalue weighted by atomic mass is 10.1. The van der Waals surface area contributed by atoms with Crippen LogP contribution in [-0.2, 0) is 11.2 Å². The van der Waals surface area contributed by atoms with E-state index in [0.717, 1.165) is 15.6 Å². The van der Waals surface area contributed by atoms with E-state index in [2.05, 4.69) is 15.9 Å². The van der Waals surface area contributed by atoms with Gasteiger partial charge in [-0.15, -0.1) is 0 Å². The highest BCUT2D eigenvalue weighted by Crippen LogP contribution is 2.34. The number of ether oxygens (including phenoxy) is 1. The SMILES string of the molecule is Cc1cc(Br)c(OCC2CC2)c(CC(=O)O)c1. The zero-order valence-electron chi connectivity index (χ0n) is 9.70. The Bertz CT molecular complexity index is 439. The first kappa shape index (κ1) is 12.4. The van der Waals surface area contributed by atoms with Crippen molar-refractivity contribution in [2.24, 2.45) is 5.92 Å². The standard InChI is InChI=1S/C13H15BrO3/c1-8-4-10(6-12(15)16)13(11(14)5-8)17-7-9-2-3-9/h4-5,9H,2-3,6-7H2,1H3,(H,15,16). The predicted molar refractivity (Wildman–Crippen MR) is 68.4 cm³/mol. The van der Waals surface area contributed by atoms with Crippen molar-refractivity contribution in [2.45, 2.75) is 26.2 Å². The van der Waals surface area contributed by atoms with Gasteiger partial charge < -0.3 is 9.84 Å². The van der Waals surface area contributed by atoms with Crippen LogP contribution in [0.5, 0.6) is 5.75 Å². The summed E-state index contributed by atoms with van der Waals surface area (Å²) in [5.41, 5.74) is 1.77. The second kappa shape index (κ2) is 5.08. The van der Waals surface area contributed by atoms with Crippen LogP contribution in [0.15, 0.2) is 16.6 Å². The van der Waals surface area contributed by atoms with E-state index in [1.807, 2.05) is 19.1 Å². The molecule has 1 fully saturated rings. The van der Waals surface area contributed by atoms with Crippen molar-refractivity contribution in [1.82, 2.24) is 0 Å². The van der Waals surface area contributed by atoms with Crippen LogP contribution < -0.4 is 4.74 Å². The lowest BCUT2D eigenvalue weighted by Crippen LogP contribution is -2.07. The highest BCUT2D eigenvalue weighted by Gasteiger charge is 2.23. The molecule has 1 aliphatic carbocycles. The Kier molecular flexibility index (Phi) is 3.72. The van der Waals surface area contributed by atoms with Crippen LogP contribution in [0.3, 0.4) is 0 Å². The van der Waals surface area contributed by atoms with Gasteiger partial charge in [-0.1, -0.05) is 6.07 Å². The van der Waals surface area contributed by atoms with Gasteiger partial charge in [-0.05, 0) is 53.2 Å². The largest absolute Gasteiger partial charge is 0.492 e. The van der Waals surface area contributed by atoms with E-state index in [1.54, 1.807) is 0 Å². The summed E-state index contributed by atoms with van der Waals surface area (Å²) in [5.74, 6) is 0.504. The molecule has 1 saturated carbocycles. The maximum Gasteiger partial charge on any atom is 0.307 e. The summed E-state index contributed by atoms with van der Waals surface area (Å²) in [6.07, 6.45) is 2.44. The molecule has 0 aliphatic heterocycles. The minimum Gasteiger partial charge on any atom is -0.492 e. The smallest absolute Gasteiger partial charge is 0.307 e. The van der Waals surface area contributed by atoms with E-state index in [9.17, 15) is 4.79 Å². The van der Waals surface area contributed by atoms with E-state index in [0.29, 0.717) is 18.3 Å². The Morgan fingerprint density at radius 1 is 1.53 bits per heavy atom. The highest BCUT2D eigenvalue weighted by molar-refractivity contribution is 9.10. The number of hydrogen-bond acceptors (Lipinski definition) is 2. The number of carboxylic acid groups (broad SMARTS) is 1. The molecule has 1 aromatic carbocycles. The van der Waals surface area contributed by atoms with Crippen molar-refractivity contribution >= 4 is 21.9 Å². The first-order valence-corrected chi connectivity index (χ1v) is 6.49. The molecule has 0 unspecified atom stereocenters. The van der Waals surface area contributed by atoms with Crippen molar-refractivity contribution in [1.29, 1.82) is 0 Å². The van der Waals surface area contributed by atoms with Crippen LogP contribution in [0.25, 0.3) is 0 Å².